The first kappa shape index (κ1) is 13.4. The van der Waals surface area contributed by atoms with Crippen LogP contribution in [0.15, 0.2) is 42.6 Å². The Hall–Kier alpha value is -2.07. The van der Waals surface area contributed by atoms with Crippen LogP contribution in [0.2, 0.25) is 0 Å². The predicted octanol–water partition coefficient (Wildman–Crippen LogP) is 2.65. The molecule has 0 fully saturated rings. The Balaban J connectivity index is 1.94. The molecular formula is C15H18N2O2. The lowest BCUT2D eigenvalue weighted by molar-refractivity contribution is 0.397. The van der Waals surface area contributed by atoms with E-state index in [1.807, 2.05) is 24.3 Å². The maximum atomic E-state index is 9.45. The molecule has 0 amide bonds. The highest BCUT2D eigenvalue weighted by atomic mass is 16.5. The zero-order valence-corrected chi connectivity index (χ0v) is 11.1. The highest BCUT2D eigenvalue weighted by Crippen LogP contribution is 2.18. The van der Waals surface area contributed by atoms with Gasteiger partial charge < -0.3 is 15.2 Å². The molecule has 2 aromatic rings. The molecule has 0 aliphatic carbocycles. The van der Waals surface area contributed by atoms with Crippen LogP contribution in [0.25, 0.3) is 0 Å². The minimum Gasteiger partial charge on any atom is -0.508 e. The van der Waals surface area contributed by atoms with E-state index in [1.165, 1.54) is 0 Å². The average molecular weight is 258 g/mol. The quantitative estimate of drug-likeness (QED) is 0.865. The Kier molecular flexibility index (Phi) is 4.36. The number of pyridine rings is 1. The number of nitrogens with one attached hydrogen (secondary N) is 1. The summed E-state index contributed by atoms with van der Waals surface area (Å²) in [6.07, 6.45) is 1.79. The Morgan fingerprint density at radius 3 is 2.79 bits per heavy atom. The molecule has 1 heterocycles. The Morgan fingerprint density at radius 1 is 1.32 bits per heavy atom. The first-order valence-corrected chi connectivity index (χ1v) is 6.20. The second-order valence-electron chi connectivity index (χ2n) is 4.41. The molecule has 1 atom stereocenters. The van der Waals surface area contributed by atoms with Gasteiger partial charge in [0.1, 0.15) is 5.75 Å². The number of aromatic hydroxyl groups is 1. The summed E-state index contributed by atoms with van der Waals surface area (Å²) in [5.74, 6) is 0.905. The number of hydrogen-bond donors (Lipinski definition) is 2. The third kappa shape index (κ3) is 3.69. The molecule has 4 heteroatoms. The minimum atomic E-state index is 0.161. The van der Waals surface area contributed by atoms with Crippen molar-refractivity contribution in [3.05, 3.63) is 53.7 Å². The Labute approximate surface area is 113 Å². The van der Waals surface area contributed by atoms with Gasteiger partial charge in [0.25, 0.3) is 0 Å². The SMILES string of the molecule is COc1ccc(CNC(C)c2cccc(O)c2)cn1. The molecule has 0 aliphatic rings. The van der Waals surface area contributed by atoms with E-state index < -0.39 is 0 Å². The molecule has 1 aromatic carbocycles. The number of nitrogens with zero attached hydrogens (tertiary/aromatic N) is 1. The van der Waals surface area contributed by atoms with E-state index in [0.29, 0.717) is 12.4 Å². The molecule has 0 saturated carbocycles. The molecule has 4 nitrogen and oxygen atoms in total. The van der Waals surface area contributed by atoms with Gasteiger partial charge in [0, 0.05) is 24.8 Å². The van der Waals surface area contributed by atoms with E-state index in [-0.39, 0.29) is 11.8 Å². The molecule has 0 spiro atoms. The average Bonchev–Trinajstić information content (AvgIpc) is 2.45. The van der Waals surface area contributed by atoms with Crippen molar-refractivity contribution in [2.45, 2.75) is 19.5 Å². The third-order valence-electron chi connectivity index (χ3n) is 2.99. The van der Waals surface area contributed by atoms with Gasteiger partial charge in [-0.3, -0.25) is 0 Å². The number of methoxy groups -OCH3 is 1. The molecule has 2 rings (SSSR count). The van der Waals surface area contributed by atoms with Crippen molar-refractivity contribution in [3.63, 3.8) is 0 Å². The molecule has 100 valence electrons. The van der Waals surface area contributed by atoms with Gasteiger partial charge in [-0.25, -0.2) is 4.98 Å². The lowest BCUT2D eigenvalue weighted by Crippen LogP contribution is -2.18. The summed E-state index contributed by atoms with van der Waals surface area (Å²) in [7, 11) is 1.60. The highest BCUT2D eigenvalue weighted by Gasteiger charge is 2.05. The number of rotatable bonds is 5. The summed E-state index contributed by atoms with van der Waals surface area (Å²) in [5, 5.41) is 12.8. The van der Waals surface area contributed by atoms with Crippen LogP contribution in [0, 0.1) is 0 Å². The van der Waals surface area contributed by atoms with Gasteiger partial charge in [0.15, 0.2) is 0 Å². The summed E-state index contributed by atoms with van der Waals surface area (Å²) in [6.45, 7) is 2.78. The predicted molar refractivity (Wildman–Crippen MR) is 74.2 cm³/mol. The number of benzene rings is 1. The van der Waals surface area contributed by atoms with Crippen molar-refractivity contribution in [3.8, 4) is 11.6 Å². The second kappa shape index (κ2) is 6.20. The lowest BCUT2D eigenvalue weighted by atomic mass is 10.1. The number of hydrogen-bond acceptors (Lipinski definition) is 4. The maximum Gasteiger partial charge on any atom is 0.212 e. The molecule has 0 saturated heterocycles. The van der Waals surface area contributed by atoms with E-state index in [1.54, 1.807) is 25.4 Å². The van der Waals surface area contributed by atoms with E-state index >= 15 is 0 Å². The minimum absolute atomic E-state index is 0.161. The van der Waals surface area contributed by atoms with Gasteiger partial charge in [-0.2, -0.15) is 0 Å². The van der Waals surface area contributed by atoms with Crippen LogP contribution in [-0.4, -0.2) is 17.2 Å². The van der Waals surface area contributed by atoms with Crippen LogP contribution in [0.1, 0.15) is 24.1 Å². The van der Waals surface area contributed by atoms with Crippen LogP contribution in [0.3, 0.4) is 0 Å². The molecule has 0 aliphatic heterocycles. The zero-order chi connectivity index (χ0) is 13.7. The highest BCUT2D eigenvalue weighted by molar-refractivity contribution is 5.29. The van der Waals surface area contributed by atoms with E-state index in [9.17, 15) is 5.11 Å². The van der Waals surface area contributed by atoms with Crippen molar-refractivity contribution in [2.24, 2.45) is 0 Å². The van der Waals surface area contributed by atoms with Crippen molar-refractivity contribution in [1.29, 1.82) is 0 Å². The van der Waals surface area contributed by atoms with E-state index in [2.05, 4.69) is 17.2 Å². The van der Waals surface area contributed by atoms with Crippen LogP contribution >= 0.6 is 0 Å². The maximum absolute atomic E-state index is 9.45. The molecule has 0 bridgehead atoms. The standard InChI is InChI=1S/C15H18N2O2/c1-11(13-4-3-5-14(18)8-13)16-9-12-6-7-15(19-2)17-10-12/h3-8,10-11,16,18H,9H2,1-2H3. The summed E-state index contributed by atoms with van der Waals surface area (Å²) < 4.78 is 5.02. The normalized spacial score (nSPS) is 12.1. The molecule has 1 unspecified atom stereocenters. The fourth-order valence-corrected chi connectivity index (χ4v) is 1.82. The lowest BCUT2D eigenvalue weighted by Gasteiger charge is -2.14. The van der Waals surface area contributed by atoms with Crippen LogP contribution in [0.4, 0.5) is 0 Å². The van der Waals surface area contributed by atoms with E-state index in [4.69, 9.17) is 4.74 Å². The van der Waals surface area contributed by atoms with Crippen LogP contribution in [-0.2, 0) is 6.54 Å². The summed E-state index contributed by atoms with van der Waals surface area (Å²) in [6, 6.07) is 11.3. The van der Waals surface area contributed by atoms with Gasteiger partial charge >= 0.3 is 0 Å². The fraction of sp³-hybridized carbons (Fsp3) is 0.267. The first-order valence-electron chi connectivity index (χ1n) is 6.20. The molecule has 2 N–H and O–H groups in total. The number of phenolic OH excluding ortho intramolecular Hbond substituents is 1. The second-order valence-corrected chi connectivity index (χ2v) is 4.41. The largest absolute Gasteiger partial charge is 0.508 e. The summed E-state index contributed by atoms with van der Waals surface area (Å²) in [4.78, 5) is 4.16. The molecular weight excluding hydrogens is 240 g/mol. The topological polar surface area (TPSA) is 54.4 Å². The third-order valence-corrected chi connectivity index (χ3v) is 2.99. The van der Waals surface area contributed by atoms with Gasteiger partial charge in [0.2, 0.25) is 5.88 Å². The van der Waals surface area contributed by atoms with Gasteiger partial charge in [0.05, 0.1) is 7.11 Å². The van der Waals surface area contributed by atoms with Crippen LogP contribution < -0.4 is 10.1 Å². The van der Waals surface area contributed by atoms with Crippen molar-refractivity contribution >= 4 is 0 Å². The molecule has 1 aromatic heterocycles. The number of phenols is 1. The number of aromatic nitrogens is 1. The van der Waals surface area contributed by atoms with Gasteiger partial charge in [-0.1, -0.05) is 18.2 Å². The number of ether oxygens (including phenoxy) is 1. The smallest absolute Gasteiger partial charge is 0.212 e. The molecule has 0 radical (unpaired) electrons. The van der Waals surface area contributed by atoms with Crippen molar-refractivity contribution in [1.82, 2.24) is 10.3 Å². The fourth-order valence-electron chi connectivity index (χ4n) is 1.82. The molecule has 19 heavy (non-hydrogen) atoms. The zero-order valence-electron chi connectivity index (χ0n) is 11.1. The van der Waals surface area contributed by atoms with Crippen molar-refractivity contribution < 1.29 is 9.84 Å². The monoisotopic (exact) mass is 258 g/mol. The Morgan fingerprint density at radius 2 is 2.16 bits per heavy atom. The Bertz CT molecular complexity index is 526. The van der Waals surface area contributed by atoms with Gasteiger partial charge in [-0.05, 0) is 30.2 Å². The van der Waals surface area contributed by atoms with Crippen LogP contribution in [0.5, 0.6) is 11.6 Å². The summed E-state index contributed by atoms with van der Waals surface area (Å²) >= 11 is 0. The van der Waals surface area contributed by atoms with Crippen molar-refractivity contribution in [2.75, 3.05) is 7.11 Å². The van der Waals surface area contributed by atoms with E-state index in [0.717, 1.165) is 11.1 Å². The van der Waals surface area contributed by atoms with Gasteiger partial charge in [-0.15, -0.1) is 0 Å². The first-order chi connectivity index (χ1) is 9.19. The summed E-state index contributed by atoms with van der Waals surface area (Å²) in [5.41, 5.74) is 2.15.